The molecule has 2 saturated heterocycles. The first-order valence-corrected chi connectivity index (χ1v) is 6.10. The molecule has 2 rings (SSSR count). The summed E-state index contributed by atoms with van der Waals surface area (Å²) in [7, 11) is 0. The van der Waals surface area contributed by atoms with Crippen LogP contribution in [-0.2, 0) is 9.53 Å². The van der Waals surface area contributed by atoms with Gasteiger partial charge < -0.3 is 19.5 Å². The Balaban J connectivity index is 1.91. The number of hydrogen-bond acceptors (Lipinski definition) is 4. The first kappa shape index (κ1) is 12.0. The maximum Gasteiger partial charge on any atom is 0.129 e. The topological polar surface area (TPSA) is 49.8 Å². The van der Waals surface area contributed by atoms with Crippen LogP contribution in [0.3, 0.4) is 0 Å². The summed E-state index contributed by atoms with van der Waals surface area (Å²) in [6.07, 6.45) is 2.54. The Labute approximate surface area is 96.6 Å². The highest BCUT2D eigenvalue weighted by atomic mass is 16.5. The number of hydrogen-bond donors (Lipinski definition) is 1. The number of aldehydes is 1. The monoisotopic (exact) mass is 227 g/mol. The summed E-state index contributed by atoms with van der Waals surface area (Å²) in [5, 5.41) is 9.66. The molecule has 2 heterocycles. The maximum absolute atomic E-state index is 11.2. The lowest BCUT2D eigenvalue weighted by Crippen LogP contribution is -2.47. The van der Waals surface area contributed by atoms with Crippen molar-refractivity contribution in [2.45, 2.75) is 25.9 Å². The molecule has 0 saturated carbocycles. The zero-order valence-electron chi connectivity index (χ0n) is 9.89. The fourth-order valence-electron chi connectivity index (χ4n) is 2.69. The molecular formula is C12H21NO3. The van der Waals surface area contributed by atoms with Crippen molar-refractivity contribution in [3.63, 3.8) is 0 Å². The van der Waals surface area contributed by atoms with Gasteiger partial charge in [-0.25, -0.2) is 0 Å². The van der Waals surface area contributed by atoms with Crippen LogP contribution in [0.4, 0.5) is 0 Å². The van der Waals surface area contributed by atoms with Gasteiger partial charge in [-0.05, 0) is 18.8 Å². The van der Waals surface area contributed by atoms with E-state index in [-0.39, 0.29) is 11.5 Å². The Kier molecular flexibility index (Phi) is 3.62. The summed E-state index contributed by atoms with van der Waals surface area (Å²) in [6.45, 7) is 5.88. The second kappa shape index (κ2) is 4.82. The van der Waals surface area contributed by atoms with Crippen LogP contribution in [0.5, 0.6) is 0 Å². The molecule has 0 aromatic rings. The first-order chi connectivity index (χ1) is 7.65. The smallest absolute Gasteiger partial charge is 0.129 e. The maximum atomic E-state index is 11.2. The number of carbonyl (C=O) groups is 1. The molecule has 16 heavy (non-hydrogen) atoms. The lowest BCUT2D eigenvalue weighted by atomic mass is 9.87. The van der Waals surface area contributed by atoms with E-state index in [1.54, 1.807) is 0 Å². The van der Waals surface area contributed by atoms with Gasteiger partial charge in [0.05, 0.1) is 18.1 Å². The highest BCUT2D eigenvalue weighted by molar-refractivity contribution is 5.60. The Morgan fingerprint density at radius 2 is 2.44 bits per heavy atom. The van der Waals surface area contributed by atoms with E-state index in [1.807, 2.05) is 0 Å². The molecule has 0 spiro atoms. The number of aliphatic hydroxyl groups excluding tert-OH is 1. The van der Waals surface area contributed by atoms with Crippen molar-refractivity contribution in [1.29, 1.82) is 0 Å². The predicted molar refractivity (Wildman–Crippen MR) is 60.2 cm³/mol. The van der Waals surface area contributed by atoms with Gasteiger partial charge in [-0.15, -0.1) is 0 Å². The average Bonchev–Trinajstić information content (AvgIpc) is 2.73. The SMILES string of the molecule is CC1CN(CC2(C=O)CCOC2)CCC1O. The summed E-state index contributed by atoms with van der Waals surface area (Å²) in [6, 6.07) is 0. The predicted octanol–water partition coefficient (Wildman–Crippen LogP) is 0.295. The van der Waals surface area contributed by atoms with Crippen molar-refractivity contribution < 1.29 is 14.6 Å². The van der Waals surface area contributed by atoms with E-state index in [0.29, 0.717) is 19.1 Å². The average molecular weight is 227 g/mol. The third-order valence-electron chi connectivity index (χ3n) is 3.87. The van der Waals surface area contributed by atoms with Gasteiger partial charge in [0.1, 0.15) is 6.29 Å². The van der Waals surface area contributed by atoms with Crippen molar-refractivity contribution in [1.82, 2.24) is 4.90 Å². The zero-order chi connectivity index (χ0) is 11.6. The molecule has 4 heteroatoms. The molecule has 0 aromatic heterocycles. The van der Waals surface area contributed by atoms with Crippen molar-refractivity contribution in [2.75, 3.05) is 32.8 Å². The molecule has 0 radical (unpaired) electrons. The summed E-state index contributed by atoms with van der Waals surface area (Å²) >= 11 is 0. The van der Waals surface area contributed by atoms with Gasteiger partial charge in [0.15, 0.2) is 0 Å². The van der Waals surface area contributed by atoms with E-state index in [2.05, 4.69) is 11.8 Å². The highest BCUT2D eigenvalue weighted by Gasteiger charge is 2.38. The number of ether oxygens (including phenoxy) is 1. The van der Waals surface area contributed by atoms with Crippen molar-refractivity contribution in [3.8, 4) is 0 Å². The lowest BCUT2D eigenvalue weighted by molar-refractivity contribution is -0.118. The van der Waals surface area contributed by atoms with E-state index < -0.39 is 0 Å². The van der Waals surface area contributed by atoms with E-state index >= 15 is 0 Å². The standard InChI is InChI=1S/C12H21NO3/c1-10-6-13(4-2-11(10)15)7-12(8-14)3-5-16-9-12/h8,10-11,15H,2-7,9H2,1H3. The van der Waals surface area contributed by atoms with Crippen LogP contribution >= 0.6 is 0 Å². The largest absolute Gasteiger partial charge is 0.393 e. The van der Waals surface area contributed by atoms with Crippen LogP contribution in [0.2, 0.25) is 0 Å². The van der Waals surface area contributed by atoms with E-state index in [1.165, 1.54) is 0 Å². The number of likely N-dealkylation sites (tertiary alicyclic amines) is 1. The van der Waals surface area contributed by atoms with E-state index in [4.69, 9.17) is 4.74 Å². The molecule has 92 valence electrons. The molecule has 1 N–H and O–H groups in total. The van der Waals surface area contributed by atoms with Crippen LogP contribution in [0, 0.1) is 11.3 Å². The minimum Gasteiger partial charge on any atom is -0.393 e. The fourth-order valence-corrected chi connectivity index (χ4v) is 2.69. The minimum absolute atomic E-state index is 0.178. The molecular weight excluding hydrogens is 206 g/mol. The van der Waals surface area contributed by atoms with Crippen LogP contribution < -0.4 is 0 Å². The molecule has 0 bridgehead atoms. The van der Waals surface area contributed by atoms with Crippen LogP contribution in [0.1, 0.15) is 19.8 Å². The second-order valence-electron chi connectivity index (χ2n) is 5.35. The molecule has 4 nitrogen and oxygen atoms in total. The quantitative estimate of drug-likeness (QED) is 0.704. The Morgan fingerprint density at radius 1 is 1.62 bits per heavy atom. The molecule has 2 fully saturated rings. The summed E-state index contributed by atoms with van der Waals surface area (Å²) in [5.41, 5.74) is -0.290. The number of nitrogens with zero attached hydrogens (tertiary/aromatic N) is 1. The van der Waals surface area contributed by atoms with Crippen LogP contribution in [0.15, 0.2) is 0 Å². The van der Waals surface area contributed by atoms with Gasteiger partial charge in [0.2, 0.25) is 0 Å². The number of piperidine rings is 1. The summed E-state index contributed by atoms with van der Waals surface area (Å²) in [5.74, 6) is 0.305. The molecule has 0 aliphatic carbocycles. The molecule has 0 amide bonds. The number of carbonyl (C=O) groups excluding carboxylic acids is 1. The third-order valence-corrected chi connectivity index (χ3v) is 3.87. The Hall–Kier alpha value is -0.450. The number of rotatable bonds is 3. The van der Waals surface area contributed by atoms with E-state index in [0.717, 1.165) is 38.8 Å². The van der Waals surface area contributed by atoms with Crippen molar-refractivity contribution >= 4 is 6.29 Å². The zero-order valence-corrected chi connectivity index (χ0v) is 9.89. The van der Waals surface area contributed by atoms with Gasteiger partial charge in [-0.1, -0.05) is 6.92 Å². The third kappa shape index (κ3) is 2.44. The molecule has 2 aliphatic rings. The van der Waals surface area contributed by atoms with Gasteiger partial charge in [0, 0.05) is 26.2 Å². The van der Waals surface area contributed by atoms with Gasteiger partial charge in [-0.3, -0.25) is 0 Å². The molecule has 0 aromatic carbocycles. The van der Waals surface area contributed by atoms with E-state index in [9.17, 15) is 9.90 Å². The Bertz CT molecular complexity index is 251. The van der Waals surface area contributed by atoms with Gasteiger partial charge in [0.25, 0.3) is 0 Å². The summed E-state index contributed by atoms with van der Waals surface area (Å²) in [4.78, 5) is 13.5. The molecule has 3 atom stereocenters. The summed E-state index contributed by atoms with van der Waals surface area (Å²) < 4.78 is 5.33. The molecule has 3 unspecified atom stereocenters. The normalized spacial score (nSPS) is 41.1. The number of aliphatic hydroxyl groups is 1. The van der Waals surface area contributed by atoms with Crippen LogP contribution in [-0.4, -0.2) is 55.2 Å². The second-order valence-corrected chi connectivity index (χ2v) is 5.35. The fraction of sp³-hybridized carbons (Fsp3) is 0.917. The van der Waals surface area contributed by atoms with Gasteiger partial charge >= 0.3 is 0 Å². The highest BCUT2D eigenvalue weighted by Crippen LogP contribution is 2.29. The van der Waals surface area contributed by atoms with Crippen LogP contribution in [0.25, 0.3) is 0 Å². The Morgan fingerprint density at radius 3 is 3.00 bits per heavy atom. The molecule has 2 aliphatic heterocycles. The first-order valence-electron chi connectivity index (χ1n) is 6.10. The lowest BCUT2D eigenvalue weighted by Gasteiger charge is -2.37. The van der Waals surface area contributed by atoms with Crippen molar-refractivity contribution in [2.24, 2.45) is 11.3 Å². The minimum atomic E-state index is -0.290. The van der Waals surface area contributed by atoms with Gasteiger partial charge in [-0.2, -0.15) is 0 Å². The van der Waals surface area contributed by atoms with Crippen molar-refractivity contribution in [3.05, 3.63) is 0 Å².